The smallest absolute Gasteiger partial charge is 0.444 e. The van der Waals surface area contributed by atoms with E-state index in [4.69, 9.17) is 37.4 Å². The summed E-state index contributed by atoms with van der Waals surface area (Å²) in [5, 5.41) is 4.88. The summed E-state index contributed by atoms with van der Waals surface area (Å²) in [6.07, 6.45) is -7.60. The van der Waals surface area contributed by atoms with Crippen LogP contribution in [0.1, 0.15) is 186 Å². The minimum absolute atomic E-state index is 0.0107. The van der Waals surface area contributed by atoms with Crippen molar-refractivity contribution in [3.05, 3.63) is 62.6 Å². The number of ether oxygens (including phenoxy) is 2. The summed E-state index contributed by atoms with van der Waals surface area (Å²) in [7, 11) is -2.06. The minimum atomic E-state index is -3.09. The van der Waals surface area contributed by atoms with E-state index in [-0.39, 0.29) is 43.5 Å². The Balaban J connectivity index is 0.000000279. The maximum Gasteiger partial charge on any atom is 0.497 e. The van der Waals surface area contributed by atoms with E-state index in [1.165, 1.54) is 38.1 Å². The highest BCUT2D eigenvalue weighted by atomic mass is 79.9. The van der Waals surface area contributed by atoms with Crippen LogP contribution in [0.15, 0.2) is 28.7 Å². The summed E-state index contributed by atoms with van der Waals surface area (Å²) in [6, 6.07) is 3.67. The van der Waals surface area contributed by atoms with E-state index in [0.29, 0.717) is 0 Å². The molecular formula is C46H70B3BrF6N2O10. The number of carbonyl (C=O) groups is 2. The van der Waals surface area contributed by atoms with Gasteiger partial charge in [-0.15, -0.1) is 0 Å². The van der Waals surface area contributed by atoms with Gasteiger partial charge < -0.3 is 48.0 Å². The molecule has 2 aromatic carbocycles. The van der Waals surface area contributed by atoms with Gasteiger partial charge >= 0.3 is 33.3 Å². The van der Waals surface area contributed by atoms with Crippen LogP contribution in [0.4, 0.5) is 35.9 Å². The molecule has 3 saturated heterocycles. The predicted molar refractivity (Wildman–Crippen MR) is 254 cm³/mol. The van der Waals surface area contributed by atoms with Crippen molar-refractivity contribution in [1.29, 1.82) is 0 Å². The average molecular weight is 1040 g/mol. The maximum absolute atomic E-state index is 15.1. The standard InChI is InChI=1S/C20H29BF3NO4.C14H17BrF3NO2.C12H24B2O4/c1-11(25-17(26)27-18(2,3)4)12-9-10-13(15(22)14(12)16(23)24)21-28-19(5,6)20(7,8)29-21;1-7(19-13(20)21-14(2,3)4)8-5-6-9(15)11(16)10(8)12(17)18;1-9(2)10(3,4)16-13(15-9)14-17-11(5,6)12(7,8)18-14/h9-11,16H,1-8H3,(H,25,26);5-7,12H,1-4H3,(H,19,20);1-8H3/t11-;7-;/m11./s1. The molecule has 3 fully saturated rings. The number of rotatable bonds is 8. The van der Waals surface area contributed by atoms with Crippen molar-refractivity contribution in [2.24, 2.45) is 0 Å². The fourth-order valence-electron chi connectivity index (χ4n) is 6.68. The first-order valence-electron chi connectivity index (χ1n) is 22.4. The number of halogens is 7. The molecule has 0 radical (unpaired) electrons. The zero-order valence-electron chi connectivity index (χ0n) is 43.1. The van der Waals surface area contributed by atoms with E-state index < -0.39 is 103 Å². The van der Waals surface area contributed by atoms with Crippen molar-refractivity contribution in [3.8, 4) is 0 Å². The Kier molecular flexibility index (Phi) is 18.3. The molecule has 3 aliphatic heterocycles. The minimum Gasteiger partial charge on any atom is -0.444 e. The summed E-state index contributed by atoms with van der Waals surface area (Å²) in [5.41, 5.74) is -6.02. The van der Waals surface area contributed by atoms with Crippen molar-refractivity contribution in [3.63, 3.8) is 0 Å². The molecule has 3 heterocycles. The van der Waals surface area contributed by atoms with Gasteiger partial charge in [-0.1, -0.05) is 18.2 Å². The van der Waals surface area contributed by atoms with E-state index >= 15 is 4.39 Å². The number of alkyl halides is 4. The number of nitrogens with one attached hydrogen (secondary N) is 2. The Bertz CT molecular complexity index is 2040. The quantitative estimate of drug-likeness (QED) is 0.195. The Labute approximate surface area is 408 Å². The summed E-state index contributed by atoms with van der Waals surface area (Å²) in [6.45, 7) is 36.4. The first-order valence-corrected chi connectivity index (χ1v) is 23.2. The molecule has 0 aromatic heterocycles. The number of hydrogen-bond acceptors (Lipinski definition) is 10. The van der Waals surface area contributed by atoms with Crippen LogP contribution >= 0.6 is 15.9 Å². The molecule has 3 aliphatic rings. The van der Waals surface area contributed by atoms with Crippen LogP contribution in [0.5, 0.6) is 0 Å². The van der Waals surface area contributed by atoms with E-state index in [1.807, 2.05) is 55.4 Å². The highest BCUT2D eigenvalue weighted by Gasteiger charge is 2.64. The molecule has 68 heavy (non-hydrogen) atoms. The molecule has 5 rings (SSSR count). The number of amides is 2. The van der Waals surface area contributed by atoms with Crippen LogP contribution in [0.25, 0.3) is 0 Å². The second-order valence-corrected chi connectivity index (χ2v) is 22.9. The molecule has 2 amide bonds. The first-order chi connectivity index (χ1) is 30.5. The number of carbonyl (C=O) groups excluding carboxylic acids is 2. The van der Waals surface area contributed by atoms with Gasteiger partial charge in [0.2, 0.25) is 0 Å². The van der Waals surface area contributed by atoms with E-state index in [2.05, 4.69) is 26.6 Å². The van der Waals surface area contributed by atoms with Crippen LogP contribution in [-0.2, 0) is 37.4 Å². The zero-order chi connectivity index (χ0) is 52.7. The Morgan fingerprint density at radius 1 is 0.544 bits per heavy atom. The second-order valence-electron chi connectivity index (χ2n) is 22.0. The van der Waals surface area contributed by atoms with Crippen molar-refractivity contribution < 1.29 is 73.3 Å². The summed E-state index contributed by atoms with van der Waals surface area (Å²) in [4.78, 5) is 23.6. The highest BCUT2D eigenvalue weighted by Crippen LogP contribution is 2.43. The van der Waals surface area contributed by atoms with Gasteiger partial charge in [0.05, 0.1) is 61.3 Å². The molecule has 0 saturated carbocycles. The lowest BCUT2D eigenvalue weighted by Gasteiger charge is -2.32. The predicted octanol–water partition coefficient (Wildman–Crippen LogP) is 12.0. The molecule has 12 nitrogen and oxygen atoms in total. The molecule has 2 N–H and O–H groups in total. The lowest BCUT2D eigenvalue weighted by molar-refractivity contribution is 0.00578. The Morgan fingerprint density at radius 2 is 0.838 bits per heavy atom. The summed E-state index contributed by atoms with van der Waals surface area (Å²) in [5.74, 6) is -2.13. The van der Waals surface area contributed by atoms with Crippen molar-refractivity contribution in [2.75, 3.05) is 0 Å². The van der Waals surface area contributed by atoms with Gasteiger partial charge in [-0.05, 0) is 172 Å². The monoisotopic (exact) mass is 1040 g/mol. The number of benzene rings is 2. The Hall–Kier alpha value is -3.01. The van der Waals surface area contributed by atoms with Gasteiger partial charge in [-0.25, -0.2) is 35.9 Å². The van der Waals surface area contributed by atoms with Gasteiger partial charge in [0.25, 0.3) is 12.9 Å². The molecule has 2 aromatic rings. The molecule has 22 heteroatoms. The topological polar surface area (TPSA) is 132 Å². The van der Waals surface area contributed by atoms with E-state index in [1.54, 1.807) is 69.2 Å². The van der Waals surface area contributed by atoms with Crippen LogP contribution < -0.4 is 16.1 Å². The van der Waals surface area contributed by atoms with Crippen LogP contribution in [0, 0.1) is 11.6 Å². The number of alkyl carbamates (subject to hydrolysis) is 2. The lowest BCUT2D eigenvalue weighted by Crippen LogP contribution is -2.41. The van der Waals surface area contributed by atoms with Crippen molar-refractivity contribution in [1.82, 2.24) is 10.6 Å². The Morgan fingerprint density at radius 3 is 1.15 bits per heavy atom. The second kappa shape index (κ2) is 21.0. The normalized spacial score (nSPS) is 20.8. The van der Waals surface area contributed by atoms with Crippen LogP contribution in [0.2, 0.25) is 0 Å². The third-order valence-corrected chi connectivity index (χ3v) is 13.1. The molecule has 2 atom stereocenters. The fourth-order valence-corrected chi connectivity index (χ4v) is 7.03. The summed E-state index contributed by atoms with van der Waals surface area (Å²) >= 11 is 2.87. The van der Waals surface area contributed by atoms with Crippen molar-refractivity contribution >= 4 is 54.7 Å². The van der Waals surface area contributed by atoms with Gasteiger partial charge in [0.15, 0.2) is 0 Å². The van der Waals surface area contributed by atoms with Gasteiger partial charge in [-0.2, -0.15) is 0 Å². The van der Waals surface area contributed by atoms with E-state index in [9.17, 15) is 31.5 Å². The van der Waals surface area contributed by atoms with Gasteiger partial charge in [-0.3, -0.25) is 0 Å². The molecular weight excluding hydrogens is 967 g/mol. The molecule has 0 aliphatic carbocycles. The van der Waals surface area contributed by atoms with Crippen LogP contribution in [-0.4, -0.2) is 78.1 Å². The third-order valence-electron chi connectivity index (χ3n) is 12.5. The van der Waals surface area contributed by atoms with E-state index in [0.717, 1.165) is 0 Å². The molecule has 0 spiro atoms. The largest absolute Gasteiger partial charge is 0.497 e. The van der Waals surface area contributed by atoms with Gasteiger partial charge in [0, 0.05) is 5.46 Å². The molecule has 0 unspecified atom stereocenters. The number of hydrogen-bond donors (Lipinski definition) is 2. The zero-order valence-corrected chi connectivity index (χ0v) is 44.7. The molecule has 0 bridgehead atoms. The molecule has 382 valence electrons. The highest BCUT2D eigenvalue weighted by molar-refractivity contribution is 9.10. The maximum atomic E-state index is 15.1. The summed E-state index contributed by atoms with van der Waals surface area (Å²) < 4.78 is 128. The lowest BCUT2D eigenvalue weighted by atomic mass is 9.49. The fraction of sp³-hybridized carbons (Fsp3) is 0.696. The van der Waals surface area contributed by atoms with Crippen molar-refractivity contribution in [2.45, 2.75) is 208 Å². The van der Waals surface area contributed by atoms with Crippen LogP contribution in [0.3, 0.4) is 0 Å². The third kappa shape index (κ3) is 14.3. The average Bonchev–Trinajstić information content (AvgIpc) is 3.59. The van der Waals surface area contributed by atoms with Gasteiger partial charge in [0.1, 0.15) is 22.8 Å². The first kappa shape index (κ1) is 59.3. The SMILES string of the molecule is CC1(C)OB(B2OC(C)(C)C(C)(C)O2)OC1(C)C.C[C@@H](NC(=O)OC(C)(C)C)c1ccc(B2OC(C)(C)C(C)(C)O2)c(F)c1C(F)F.C[C@@H](NC(=O)OC(C)(C)C)c1ccc(Br)c(F)c1C(F)F.